The van der Waals surface area contributed by atoms with Crippen LogP contribution in [-0.4, -0.2) is 22.7 Å². The molecule has 1 aromatic heterocycles. The number of hydrogen-bond donors (Lipinski definition) is 2. The number of pyridine rings is 1. The Labute approximate surface area is 120 Å². The number of carboxylic acids is 1. The molecule has 0 aliphatic heterocycles. The highest BCUT2D eigenvalue weighted by Crippen LogP contribution is 2.29. The van der Waals surface area contributed by atoms with Gasteiger partial charge in [-0.3, -0.25) is 9.59 Å². The van der Waals surface area contributed by atoms with Gasteiger partial charge in [-0.1, -0.05) is 12.1 Å². The van der Waals surface area contributed by atoms with Crippen LogP contribution in [0.5, 0.6) is 5.75 Å². The zero-order valence-corrected chi connectivity index (χ0v) is 11.4. The second kappa shape index (κ2) is 6.21. The third kappa shape index (κ3) is 3.47. The maximum absolute atomic E-state index is 13.9. The molecule has 0 aliphatic carbocycles. The van der Waals surface area contributed by atoms with Crippen LogP contribution in [0.1, 0.15) is 12.5 Å². The Balaban J connectivity index is 2.45. The van der Waals surface area contributed by atoms with Crippen molar-refractivity contribution in [1.82, 2.24) is 4.98 Å². The molecule has 0 amide bonds. The van der Waals surface area contributed by atoms with Crippen LogP contribution >= 0.6 is 0 Å². The van der Waals surface area contributed by atoms with Crippen LogP contribution in [0.4, 0.5) is 4.39 Å². The maximum atomic E-state index is 13.9. The summed E-state index contributed by atoms with van der Waals surface area (Å²) in [5.41, 5.74) is 0.831. The molecule has 2 N–H and O–H groups in total. The first-order valence-electron chi connectivity index (χ1n) is 6.37. The van der Waals surface area contributed by atoms with Crippen LogP contribution < -0.4 is 10.3 Å². The summed E-state index contributed by atoms with van der Waals surface area (Å²) >= 11 is 0. The van der Waals surface area contributed by atoms with E-state index in [4.69, 9.17) is 9.84 Å². The van der Waals surface area contributed by atoms with Crippen LogP contribution in [0.2, 0.25) is 0 Å². The van der Waals surface area contributed by atoms with Crippen LogP contribution in [0, 0.1) is 5.82 Å². The van der Waals surface area contributed by atoms with Gasteiger partial charge < -0.3 is 14.8 Å². The minimum absolute atomic E-state index is 0.105. The molecular weight excluding hydrogens is 277 g/mol. The van der Waals surface area contributed by atoms with E-state index >= 15 is 0 Å². The van der Waals surface area contributed by atoms with E-state index in [1.54, 1.807) is 13.0 Å². The number of benzene rings is 1. The zero-order valence-electron chi connectivity index (χ0n) is 11.4. The molecule has 21 heavy (non-hydrogen) atoms. The standard InChI is InChI=1S/C15H14FNO4/c1-2-21-13-7-14(18)17-8-11(13)9-3-4-10(6-15(19)20)12(16)5-9/h3-5,7-8H,2,6H2,1H3,(H,17,18)(H,19,20). The SMILES string of the molecule is CCOc1cc(=O)[nH]cc1-c1ccc(CC(=O)O)c(F)c1. The number of ether oxygens (including phenoxy) is 1. The number of H-pyrrole nitrogens is 1. The molecule has 2 aromatic rings. The number of rotatable bonds is 5. The Hall–Kier alpha value is -2.63. The number of aliphatic carboxylic acids is 1. The van der Waals surface area contributed by atoms with Gasteiger partial charge in [0.25, 0.3) is 5.56 Å². The number of hydrogen-bond acceptors (Lipinski definition) is 3. The van der Waals surface area contributed by atoms with Gasteiger partial charge in [0.1, 0.15) is 11.6 Å². The van der Waals surface area contributed by atoms with Crippen molar-refractivity contribution in [3.8, 4) is 16.9 Å². The lowest BCUT2D eigenvalue weighted by molar-refractivity contribution is -0.136. The van der Waals surface area contributed by atoms with Crippen molar-refractivity contribution in [2.24, 2.45) is 0 Å². The number of aromatic amines is 1. The van der Waals surface area contributed by atoms with Crippen LogP contribution in [-0.2, 0) is 11.2 Å². The molecule has 0 unspecified atom stereocenters. The van der Waals surface area contributed by atoms with Gasteiger partial charge in [0, 0.05) is 17.8 Å². The number of halogens is 1. The Bertz CT molecular complexity index is 724. The van der Waals surface area contributed by atoms with Crippen molar-refractivity contribution in [2.45, 2.75) is 13.3 Å². The predicted octanol–water partition coefficient (Wildman–Crippen LogP) is 2.21. The molecule has 0 saturated heterocycles. The van der Waals surface area contributed by atoms with E-state index in [0.29, 0.717) is 23.5 Å². The third-order valence-corrected chi connectivity index (χ3v) is 2.89. The number of carbonyl (C=O) groups is 1. The lowest BCUT2D eigenvalue weighted by Gasteiger charge is -2.10. The van der Waals surface area contributed by atoms with Gasteiger partial charge in [-0.15, -0.1) is 0 Å². The summed E-state index contributed by atoms with van der Waals surface area (Å²) in [6.07, 6.45) is 1.06. The first-order valence-corrected chi connectivity index (χ1v) is 6.37. The molecule has 2 rings (SSSR count). The molecule has 5 nitrogen and oxygen atoms in total. The first-order chi connectivity index (χ1) is 10.0. The van der Waals surface area contributed by atoms with Crippen LogP contribution in [0.15, 0.2) is 35.3 Å². The van der Waals surface area contributed by atoms with E-state index in [2.05, 4.69) is 4.98 Å². The van der Waals surface area contributed by atoms with Crippen LogP contribution in [0.25, 0.3) is 11.1 Å². The first kappa shape index (κ1) is 14.8. The third-order valence-electron chi connectivity index (χ3n) is 2.89. The number of carboxylic acid groups (broad SMARTS) is 1. The lowest BCUT2D eigenvalue weighted by atomic mass is 10.0. The molecule has 1 aromatic carbocycles. The average molecular weight is 291 g/mol. The molecule has 0 radical (unpaired) electrons. The summed E-state index contributed by atoms with van der Waals surface area (Å²) in [6, 6.07) is 5.54. The van der Waals surface area contributed by atoms with Crippen LogP contribution in [0.3, 0.4) is 0 Å². The summed E-state index contributed by atoms with van der Waals surface area (Å²) in [4.78, 5) is 24.5. The van der Waals surface area contributed by atoms with Crippen molar-refractivity contribution in [3.05, 3.63) is 52.2 Å². The molecule has 0 aliphatic rings. The van der Waals surface area contributed by atoms with E-state index in [9.17, 15) is 14.0 Å². The molecule has 0 fully saturated rings. The van der Waals surface area contributed by atoms with E-state index in [1.807, 2.05) is 0 Å². The Kier molecular flexibility index (Phi) is 4.37. The molecule has 0 saturated carbocycles. The average Bonchev–Trinajstić information content (AvgIpc) is 2.41. The van der Waals surface area contributed by atoms with Gasteiger partial charge in [0.05, 0.1) is 13.0 Å². The maximum Gasteiger partial charge on any atom is 0.307 e. The molecule has 110 valence electrons. The molecule has 0 atom stereocenters. The van der Waals surface area contributed by atoms with Gasteiger partial charge in [0.2, 0.25) is 0 Å². The smallest absolute Gasteiger partial charge is 0.307 e. The molecule has 1 heterocycles. The summed E-state index contributed by atoms with van der Waals surface area (Å²) in [5.74, 6) is -1.35. The van der Waals surface area contributed by atoms with Gasteiger partial charge in [-0.05, 0) is 24.1 Å². The fourth-order valence-electron chi connectivity index (χ4n) is 1.97. The minimum Gasteiger partial charge on any atom is -0.493 e. The van der Waals surface area contributed by atoms with E-state index in [-0.39, 0.29) is 17.5 Å². The van der Waals surface area contributed by atoms with Crippen molar-refractivity contribution in [1.29, 1.82) is 0 Å². The highest BCUT2D eigenvalue weighted by Gasteiger charge is 2.12. The fourth-order valence-corrected chi connectivity index (χ4v) is 1.97. The topological polar surface area (TPSA) is 79.4 Å². The summed E-state index contributed by atoms with van der Waals surface area (Å²) in [7, 11) is 0. The largest absolute Gasteiger partial charge is 0.493 e. The summed E-state index contributed by atoms with van der Waals surface area (Å²) in [5, 5.41) is 8.70. The van der Waals surface area contributed by atoms with Gasteiger partial charge in [-0.2, -0.15) is 0 Å². The number of aromatic nitrogens is 1. The van der Waals surface area contributed by atoms with Crippen molar-refractivity contribution in [3.63, 3.8) is 0 Å². The molecule has 6 heteroatoms. The van der Waals surface area contributed by atoms with E-state index in [0.717, 1.165) is 0 Å². The second-order valence-corrected chi connectivity index (χ2v) is 4.38. The normalized spacial score (nSPS) is 10.4. The van der Waals surface area contributed by atoms with E-state index in [1.165, 1.54) is 24.4 Å². The number of nitrogens with one attached hydrogen (secondary N) is 1. The summed E-state index contributed by atoms with van der Waals surface area (Å²) in [6.45, 7) is 2.15. The lowest BCUT2D eigenvalue weighted by Crippen LogP contribution is -2.07. The predicted molar refractivity (Wildman–Crippen MR) is 75.0 cm³/mol. The minimum atomic E-state index is -1.10. The summed E-state index contributed by atoms with van der Waals surface area (Å²) < 4.78 is 19.3. The molecule has 0 spiro atoms. The Morgan fingerprint density at radius 3 is 2.76 bits per heavy atom. The zero-order chi connectivity index (χ0) is 15.4. The van der Waals surface area contributed by atoms with Gasteiger partial charge in [-0.25, -0.2) is 4.39 Å². The highest BCUT2D eigenvalue weighted by atomic mass is 19.1. The van der Waals surface area contributed by atoms with Crippen molar-refractivity contribution < 1.29 is 19.0 Å². The van der Waals surface area contributed by atoms with Gasteiger partial charge in [0.15, 0.2) is 0 Å². The Morgan fingerprint density at radius 1 is 1.38 bits per heavy atom. The quantitative estimate of drug-likeness (QED) is 0.885. The van der Waals surface area contributed by atoms with Crippen molar-refractivity contribution >= 4 is 5.97 Å². The van der Waals surface area contributed by atoms with Gasteiger partial charge >= 0.3 is 5.97 Å². The molecule has 0 bridgehead atoms. The fraction of sp³-hybridized carbons (Fsp3) is 0.200. The monoisotopic (exact) mass is 291 g/mol. The van der Waals surface area contributed by atoms with Crippen molar-refractivity contribution in [2.75, 3.05) is 6.61 Å². The highest BCUT2D eigenvalue weighted by molar-refractivity contribution is 5.73. The molecular formula is C15H14FNO4. The van der Waals surface area contributed by atoms with E-state index < -0.39 is 11.8 Å². The Morgan fingerprint density at radius 2 is 2.14 bits per heavy atom. The second-order valence-electron chi connectivity index (χ2n) is 4.38.